The molecule has 1 aromatic carbocycles. The second-order valence-electron chi connectivity index (χ2n) is 5.70. The van der Waals surface area contributed by atoms with Crippen LogP contribution in [0.3, 0.4) is 0 Å². The summed E-state index contributed by atoms with van der Waals surface area (Å²) >= 11 is 1.39. The van der Waals surface area contributed by atoms with E-state index in [0.29, 0.717) is 30.5 Å². The second kappa shape index (κ2) is 11.1. The standard InChI is InChI=1S/C16H22FN7O3S/c17-14-5-11(21-6-12(9-25)27-23-26)1-2-15(14)24(10-18)4-3-20-7-13-8-22-16(19)28-13/h1-2,5,8,10,12,18,20-21,25H,3-4,6-7,9H2,(H2,19,22). The van der Waals surface area contributed by atoms with Crippen molar-refractivity contribution in [3.63, 3.8) is 0 Å². The summed E-state index contributed by atoms with van der Waals surface area (Å²) in [5, 5.41) is 25.4. The molecule has 10 nitrogen and oxygen atoms in total. The fourth-order valence-electron chi connectivity index (χ4n) is 2.35. The molecule has 0 fully saturated rings. The Kier molecular flexibility index (Phi) is 8.52. The third-order valence-corrected chi connectivity index (χ3v) is 4.57. The van der Waals surface area contributed by atoms with Crippen LogP contribution >= 0.6 is 11.3 Å². The van der Waals surface area contributed by atoms with Gasteiger partial charge in [0.25, 0.3) is 0 Å². The largest absolute Gasteiger partial charge is 0.392 e. The molecule has 0 aliphatic rings. The lowest BCUT2D eigenvalue weighted by molar-refractivity contribution is 0.0223. The number of rotatable bonds is 13. The van der Waals surface area contributed by atoms with Crippen LogP contribution in [0.2, 0.25) is 0 Å². The predicted octanol–water partition coefficient (Wildman–Crippen LogP) is 1.54. The van der Waals surface area contributed by atoms with Gasteiger partial charge in [0.2, 0.25) is 0 Å². The van der Waals surface area contributed by atoms with E-state index >= 15 is 0 Å². The minimum Gasteiger partial charge on any atom is -0.392 e. The highest BCUT2D eigenvalue weighted by Crippen LogP contribution is 2.22. The van der Waals surface area contributed by atoms with E-state index in [0.717, 1.165) is 11.2 Å². The molecule has 0 aliphatic carbocycles. The van der Waals surface area contributed by atoms with Gasteiger partial charge in [-0.15, -0.1) is 16.2 Å². The first-order valence-corrected chi connectivity index (χ1v) is 9.20. The van der Waals surface area contributed by atoms with Crippen LogP contribution in [-0.2, 0) is 11.4 Å². The van der Waals surface area contributed by atoms with Crippen molar-refractivity contribution in [1.82, 2.24) is 10.3 Å². The molecule has 0 amide bonds. The lowest BCUT2D eigenvalue weighted by atomic mass is 10.2. The van der Waals surface area contributed by atoms with Gasteiger partial charge in [-0.2, -0.15) is 0 Å². The molecular formula is C16H22FN7O3S. The molecule has 0 saturated carbocycles. The molecule has 1 heterocycles. The Bertz CT molecular complexity index is 776. The van der Waals surface area contributed by atoms with Crippen LogP contribution in [0.1, 0.15) is 4.88 Å². The summed E-state index contributed by atoms with van der Waals surface area (Å²) in [4.78, 5) is 20.9. The fourth-order valence-corrected chi connectivity index (χ4v) is 3.00. The lowest BCUT2D eigenvalue weighted by Gasteiger charge is -2.21. The average molecular weight is 411 g/mol. The van der Waals surface area contributed by atoms with Crippen LogP contribution in [0, 0.1) is 16.1 Å². The Morgan fingerprint density at radius 3 is 2.96 bits per heavy atom. The van der Waals surface area contributed by atoms with Gasteiger partial charge < -0.3 is 31.2 Å². The fraction of sp³-hybridized carbons (Fsp3) is 0.375. The number of nitrogens with zero attached hydrogens (tertiary/aromatic N) is 3. The summed E-state index contributed by atoms with van der Waals surface area (Å²) in [6.07, 6.45) is 1.94. The molecule has 0 radical (unpaired) electrons. The highest BCUT2D eigenvalue weighted by Gasteiger charge is 2.12. The summed E-state index contributed by atoms with van der Waals surface area (Å²) in [6.45, 7) is 1.20. The number of nitrogens with two attached hydrogens (primary N) is 1. The zero-order valence-corrected chi connectivity index (χ0v) is 15.8. The van der Waals surface area contributed by atoms with E-state index in [1.54, 1.807) is 18.3 Å². The number of benzene rings is 1. The molecule has 12 heteroatoms. The first kappa shape index (κ1) is 21.5. The number of hydrogen-bond acceptors (Lipinski definition) is 10. The maximum atomic E-state index is 14.4. The molecule has 2 aromatic rings. The van der Waals surface area contributed by atoms with Gasteiger partial charge in [0.15, 0.2) is 16.6 Å². The second-order valence-corrected chi connectivity index (χ2v) is 6.84. The number of thiazole rings is 1. The molecule has 28 heavy (non-hydrogen) atoms. The van der Waals surface area contributed by atoms with Crippen molar-refractivity contribution in [2.45, 2.75) is 12.6 Å². The van der Waals surface area contributed by atoms with E-state index in [-0.39, 0.29) is 12.2 Å². The van der Waals surface area contributed by atoms with Gasteiger partial charge >= 0.3 is 0 Å². The number of halogens is 1. The average Bonchev–Trinajstić information content (AvgIpc) is 3.11. The summed E-state index contributed by atoms with van der Waals surface area (Å²) in [5.41, 5.74) is 6.28. The monoisotopic (exact) mass is 411 g/mol. The number of nitrogens with one attached hydrogen (secondary N) is 3. The number of hydrogen-bond donors (Lipinski definition) is 5. The van der Waals surface area contributed by atoms with Gasteiger partial charge in [-0.25, -0.2) is 9.37 Å². The Morgan fingerprint density at radius 1 is 1.54 bits per heavy atom. The van der Waals surface area contributed by atoms with Crippen molar-refractivity contribution in [3.05, 3.63) is 40.0 Å². The number of anilines is 3. The molecule has 1 aromatic heterocycles. The van der Waals surface area contributed by atoms with Crippen LogP contribution in [-0.4, -0.2) is 48.8 Å². The molecule has 0 aliphatic heterocycles. The quantitative estimate of drug-likeness (QED) is 0.110. The highest BCUT2D eigenvalue weighted by molar-refractivity contribution is 7.15. The molecule has 6 N–H and O–H groups in total. The number of nitrogen functional groups attached to an aromatic ring is 1. The van der Waals surface area contributed by atoms with Crippen molar-refractivity contribution >= 4 is 34.2 Å². The molecule has 1 atom stereocenters. The van der Waals surface area contributed by atoms with Crippen molar-refractivity contribution in [1.29, 1.82) is 5.41 Å². The smallest absolute Gasteiger partial charge is 0.180 e. The Hall–Kier alpha value is -2.83. The van der Waals surface area contributed by atoms with E-state index in [2.05, 4.69) is 25.8 Å². The van der Waals surface area contributed by atoms with Crippen LogP contribution in [0.4, 0.5) is 20.9 Å². The van der Waals surface area contributed by atoms with Crippen LogP contribution < -0.4 is 21.3 Å². The minimum atomic E-state index is -0.821. The number of aliphatic hydroxyl groups excluding tert-OH is 1. The van der Waals surface area contributed by atoms with Gasteiger partial charge in [-0.3, -0.25) is 5.41 Å². The molecule has 0 saturated heterocycles. The maximum absolute atomic E-state index is 14.4. The molecule has 1 unspecified atom stereocenters. The first-order valence-electron chi connectivity index (χ1n) is 8.38. The van der Waals surface area contributed by atoms with Gasteiger partial charge in [0, 0.05) is 36.4 Å². The molecule has 2 rings (SSSR count). The zero-order chi connectivity index (χ0) is 20.4. The molecular weight excluding hydrogens is 389 g/mol. The SMILES string of the molecule is N=CN(CCNCc1cnc(N)s1)c1ccc(NCC(CO)ON=O)cc1F. The summed E-state index contributed by atoms with van der Waals surface area (Å²) in [7, 11) is 0. The van der Waals surface area contributed by atoms with Gasteiger partial charge in [0.05, 0.1) is 25.2 Å². The van der Waals surface area contributed by atoms with Gasteiger partial charge in [-0.05, 0) is 18.2 Å². The first-order chi connectivity index (χ1) is 13.6. The summed E-state index contributed by atoms with van der Waals surface area (Å²) in [5.74, 6) is -0.515. The van der Waals surface area contributed by atoms with Crippen LogP contribution in [0.15, 0.2) is 29.7 Å². The van der Waals surface area contributed by atoms with Crippen molar-refractivity contribution in [2.75, 3.05) is 42.2 Å². The topological polar surface area (TPSA) is 149 Å². The Morgan fingerprint density at radius 2 is 2.36 bits per heavy atom. The van der Waals surface area contributed by atoms with Crippen LogP contribution in [0.5, 0.6) is 0 Å². The van der Waals surface area contributed by atoms with E-state index in [4.69, 9.17) is 16.2 Å². The molecule has 152 valence electrons. The maximum Gasteiger partial charge on any atom is 0.180 e. The van der Waals surface area contributed by atoms with Crippen LogP contribution in [0.25, 0.3) is 0 Å². The molecule has 0 spiro atoms. The van der Waals surface area contributed by atoms with E-state index in [1.165, 1.54) is 22.3 Å². The van der Waals surface area contributed by atoms with Crippen molar-refractivity contribution in [3.8, 4) is 0 Å². The Balaban J connectivity index is 1.87. The third kappa shape index (κ3) is 6.40. The van der Waals surface area contributed by atoms with Gasteiger partial charge in [-0.1, -0.05) is 0 Å². The summed E-state index contributed by atoms with van der Waals surface area (Å²) < 4.78 is 14.4. The van der Waals surface area contributed by atoms with Crippen molar-refractivity contribution in [2.24, 2.45) is 5.34 Å². The van der Waals surface area contributed by atoms with E-state index in [1.807, 2.05) is 0 Å². The normalized spacial score (nSPS) is 11.6. The summed E-state index contributed by atoms with van der Waals surface area (Å²) in [6, 6.07) is 4.44. The third-order valence-electron chi connectivity index (χ3n) is 3.74. The molecule has 0 bridgehead atoms. The van der Waals surface area contributed by atoms with E-state index < -0.39 is 18.5 Å². The number of aliphatic hydroxyl groups is 1. The highest BCUT2D eigenvalue weighted by atomic mass is 32.1. The minimum absolute atomic E-state index is 0.0846. The van der Waals surface area contributed by atoms with Gasteiger partial charge in [0.1, 0.15) is 5.82 Å². The zero-order valence-electron chi connectivity index (χ0n) is 15.0. The predicted molar refractivity (Wildman–Crippen MR) is 107 cm³/mol. The number of aromatic nitrogens is 1. The Labute approximate surface area is 165 Å². The lowest BCUT2D eigenvalue weighted by Crippen LogP contribution is -2.31. The van der Waals surface area contributed by atoms with E-state index in [9.17, 15) is 9.30 Å². The van der Waals surface area contributed by atoms with Crippen molar-refractivity contribution < 1.29 is 14.3 Å².